The lowest BCUT2D eigenvalue weighted by Gasteiger charge is -2.18. The van der Waals surface area contributed by atoms with Gasteiger partial charge in [-0.15, -0.1) is 0 Å². The van der Waals surface area contributed by atoms with Crippen LogP contribution in [0, 0.1) is 0 Å². The van der Waals surface area contributed by atoms with Crippen molar-refractivity contribution in [2.45, 2.75) is 367 Å². The third-order valence-corrected chi connectivity index (χ3v) is 15.3. The number of hydrogen-bond acceptors (Lipinski definition) is 6. The Morgan fingerprint density at radius 2 is 0.500 bits per heavy atom. The fraction of sp³-hybridized carbons (Fsp3) is 0.819. The van der Waals surface area contributed by atoms with Gasteiger partial charge < -0.3 is 14.2 Å². The van der Waals surface area contributed by atoms with Crippen LogP contribution in [0.5, 0.6) is 0 Å². The molecule has 0 heterocycles. The van der Waals surface area contributed by atoms with Crippen LogP contribution < -0.4 is 0 Å². The number of rotatable bonds is 63. The molecule has 0 saturated heterocycles. The second kappa shape index (κ2) is 66.6. The summed E-state index contributed by atoms with van der Waals surface area (Å²) in [5.74, 6) is -0.857. The summed E-state index contributed by atoms with van der Waals surface area (Å²) in [5, 5.41) is 0. The largest absolute Gasteiger partial charge is 0.462 e. The number of carbonyl (C=O) groups is 3. The molecule has 0 bridgehead atoms. The average Bonchev–Trinajstić information content (AvgIpc) is 3.44. The molecule has 78 heavy (non-hydrogen) atoms. The maximum absolute atomic E-state index is 12.9. The molecule has 1 unspecified atom stereocenters. The minimum Gasteiger partial charge on any atom is -0.462 e. The second-order valence-corrected chi connectivity index (χ2v) is 23.1. The molecule has 0 aromatic carbocycles. The lowest BCUT2D eigenvalue weighted by Crippen LogP contribution is -2.30. The fourth-order valence-corrected chi connectivity index (χ4v) is 10.1. The Balaban J connectivity index is 3.98. The fourth-order valence-electron chi connectivity index (χ4n) is 10.1. The molecular formula is C72H130O6. The second-order valence-electron chi connectivity index (χ2n) is 23.1. The smallest absolute Gasteiger partial charge is 0.306 e. The van der Waals surface area contributed by atoms with Crippen molar-refractivity contribution < 1.29 is 28.6 Å². The highest BCUT2D eigenvalue weighted by molar-refractivity contribution is 5.71. The van der Waals surface area contributed by atoms with E-state index in [-0.39, 0.29) is 31.1 Å². The van der Waals surface area contributed by atoms with Crippen molar-refractivity contribution in [1.82, 2.24) is 0 Å². The number of esters is 3. The van der Waals surface area contributed by atoms with Gasteiger partial charge in [0.05, 0.1) is 0 Å². The molecule has 0 aromatic heterocycles. The van der Waals surface area contributed by atoms with Gasteiger partial charge in [-0.2, -0.15) is 0 Å². The van der Waals surface area contributed by atoms with Crippen molar-refractivity contribution >= 4 is 17.9 Å². The highest BCUT2D eigenvalue weighted by Gasteiger charge is 2.19. The number of unbranched alkanes of at least 4 members (excludes halogenated alkanes) is 42. The summed E-state index contributed by atoms with van der Waals surface area (Å²) in [4.78, 5) is 38.1. The van der Waals surface area contributed by atoms with Crippen LogP contribution in [-0.4, -0.2) is 37.2 Å². The molecule has 6 heteroatoms. The quantitative estimate of drug-likeness (QED) is 0.0261. The minimum atomic E-state index is -0.770. The molecule has 0 aromatic rings. The Kier molecular flexibility index (Phi) is 64.2. The first-order chi connectivity index (χ1) is 38.5. The SMILES string of the molecule is CC/C=C\C/C=C\C/C=C\C/C=C\CCCCCCCCCCCCCCCCCCCCCCCCC(=O)OCC(COC(=O)CCCCCCCCCC)OC(=O)CCCCCCCCC/C=C\CCCCCCCC. The molecule has 0 N–H and O–H groups in total. The lowest BCUT2D eigenvalue weighted by atomic mass is 10.0. The van der Waals surface area contributed by atoms with Gasteiger partial charge in [-0.1, -0.05) is 319 Å². The molecule has 1 atom stereocenters. The Morgan fingerprint density at radius 3 is 0.795 bits per heavy atom. The van der Waals surface area contributed by atoms with Crippen molar-refractivity contribution in [3.8, 4) is 0 Å². The van der Waals surface area contributed by atoms with Crippen molar-refractivity contribution in [2.24, 2.45) is 0 Å². The van der Waals surface area contributed by atoms with E-state index in [1.165, 1.54) is 238 Å². The van der Waals surface area contributed by atoms with Crippen molar-refractivity contribution in [1.29, 1.82) is 0 Å². The van der Waals surface area contributed by atoms with E-state index in [9.17, 15) is 14.4 Å². The van der Waals surface area contributed by atoms with E-state index in [1.54, 1.807) is 0 Å². The molecule has 0 amide bonds. The summed E-state index contributed by atoms with van der Waals surface area (Å²) < 4.78 is 16.9. The van der Waals surface area contributed by atoms with Gasteiger partial charge in [-0.3, -0.25) is 14.4 Å². The highest BCUT2D eigenvalue weighted by atomic mass is 16.6. The first-order valence-corrected chi connectivity index (χ1v) is 34.3. The molecule has 0 spiro atoms. The summed E-state index contributed by atoms with van der Waals surface area (Å²) >= 11 is 0. The molecule has 454 valence electrons. The molecule has 0 aliphatic rings. The highest BCUT2D eigenvalue weighted by Crippen LogP contribution is 2.18. The zero-order chi connectivity index (χ0) is 56.4. The summed E-state index contributed by atoms with van der Waals surface area (Å²) in [5.41, 5.74) is 0. The van der Waals surface area contributed by atoms with Crippen LogP contribution in [0.2, 0.25) is 0 Å². The van der Waals surface area contributed by atoms with E-state index < -0.39 is 6.10 Å². The van der Waals surface area contributed by atoms with Gasteiger partial charge in [0.25, 0.3) is 0 Å². The Hall–Kier alpha value is -2.89. The first-order valence-electron chi connectivity index (χ1n) is 34.3. The van der Waals surface area contributed by atoms with E-state index >= 15 is 0 Å². The standard InChI is InChI=1S/C72H130O6/c1-4-7-10-13-16-19-21-23-25-27-28-29-30-31-32-33-34-35-36-37-38-39-40-41-42-43-44-46-47-49-51-53-56-59-62-65-71(74)77-68-69(67-76-70(73)64-61-58-55-18-15-12-9-6-3)78-72(75)66-63-60-57-54-52-50-48-45-26-24-22-20-17-14-11-8-5-2/h7,10,16,19,23-26,28-29,69H,4-6,8-9,11-15,17-18,20-22,27,30-68H2,1-3H3/b10-7-,19-16-,25-23-,26-24-,29-28-. The van der Waals surface area contributed by atoms with Gasteiger partial charge in [-0.25, -0.2) is 0 Å². The summed E-state index contributed by atoms with van der Waals surface area (Å²) in [6.45, 7) is 6.54. The number of hydrogen-bond donors (Lipinski definition) is 0. The average molecular weight is 1090 g/mol. The number of allylic oxidation sites excluding steroid dienone is 10. The maximum Gasteiger partial charge on any atom is 0.306 e. The first kappa shape index (κ1) is 75.1. The molecule has 6 nitrogen and oxygen atoms in total. The molecule has 0 aliphatic heterocycles. The van der Waals surface area contributed by atoms with E-state index in [4.69, 9.17) is 14.2 Å². The van der Waals surface area contributed by atoms with E-state index in [0.29, 0.717) is 19.3 Å². The topological polar surface area (TPSA) is 78.9 Å². The summed E-state index contributed by atoms with van der Waals surface area (Å²) in [6.07, 6.45) is 85.6. The Labute approximate surface area is 485 Å². The normalized spacial score (nSPS) is 12.4. The maximum atomic E-state index is 12.9. The van der Waals surface area contributed by atoms with Gasteiger partial charge in [0.2, 0.25) is 0 Å². The molecule has 0 fully saturated rings. The van der Waals surface area contributed by atoms with E-state index in [1.807, 2.05) is 0 Å². The van der Waals surface area contributed by atoms with Gasteiger partial charge in [0.1, 0.15) is 13.2 Å². The predicted molar refractivity (Wildman–Crippen MR) is 339 cm³/mol. The molecule has 0 saturated carbocycles. The van der Waals surface area contributed by atoms with Crippen molar-refractivity contribution in [2.75, 3.05) is 13.2 Å². The van der Waals surface area contributed by atoms with Crippen LogP contribution in [0.15, 0.2) is 60.8 Å². The van der Waals surface area contributed by atoms with Crippen LogP contribution >= 0.6 is 0 Å². The monoisotopic (exact) mass is 1090 g/mol. The number of ether oxygens (including phenoxy) is 3. The van der Waals surface area contributed by atoms with Gasteiger partial charge in [0.15, 0.2) is 6.10 Å². The van der Waals surface area contributed by atoms with Gasteiger partial charge in [0, 0.05) is 19.3 Å². The molecule has 0 aliphatic carbocycles. The van der Waals surface area contributed by atoms with Crippen LogP contribution in [0.1, 0.15) is 361 Å². The molecule has 0 rings (SSSR count). The number of carbonyl (C=O) groups excluding carboxylic acids is 3. The van der Waals surface area contributed by atoms with Crippen LogP contribution in [0.3, 0.4) is 0 Å². The zero-order valence-corrected chi connectivity index (χ0v) is 52.2. The van der Waals surface area contributed by atoms with Crippen LogP contribution in [0.4, 0.5) is 0 Å². The van der Waals surface area contributed by atoms with Crippen LogP contribution in [-0.2, 0) is 28.6 Å². The Bertz CT molecular complexity index is 1390. The minimum absolute atomic E-state index is 0.0697. The third kappa shape index (κ3) is 63.9. The molecular weight excluding hydrogens is 961 g/mol. The van der Waals surface area contributed by atoms with Crippen molar-refractivity contribution in [3.05, 3.63) is 60.8 Å². The van der Waals surface area contributed by atoms with Crippen LogP contribution in [0.25, 0.3) is 0 Å². The van der Waals surface area contributed by atoms with E-state index in [2.05, 4.69) is 81.5 Å². The predicted octanol–water partition coefficient (Wildman–Crippen LogP) is 23.5. The summed E-state index contributed by atoms with van der Waals surface area (Å²) in [7, 11) is 0. The van der Waals surface area contributed by atoms with Gasteiger partial charge in [-0.05, 0) is 83.5 Å². The van der Waals surface area contributed by atoms with Crippen molar-refractivity contribution in [3.63, 3.8) is 0 Å². The van der Waals surface area contributed by atoms with E-state index in [0.717, 1.165) is 83.5 Å². The zero-order valence-electron chi connectivity index (χ0n) is 52.2. The molecule has 0 radical (unpaired) electrons. The van der Waals surface area contributed by atoms with Gasteiger partial charge >= 0.3 is 17.9 Å². The summed E-state index contributed by atoms with van der Waals surface area (Å²) in [6, 6.07) is 0. The Morgan fingerprint density at radius 1 is 0.269 bits per heavy atom. The third-order valence-electron chi connectivity index (χ3n) is 15.3. The lowest BCUT2D eigenvalue weighted by molar-refractivity contribution is -0.167.